The molecule has 1 aliphatic carbocycles. The van der Waals surface area contributed by atoms with Crippen LogP contribution in [0.25, 0.3) is 0 Å². The number of amides is 2. The normalized spacial score (nSPS) is 18.5. The van der Waals surface area contributed by atoms with Crippen LogP contribution in [0, 0.1) is 11.8 Å². The van der Waals surface area contributed by atoms with E-state index in [1.165, 1.54) is 21.9 Å². The first-order valence-electron chi connectivity index (χ1n) is 10.0. The van der Waals surface area contributed by atoms with Crippen LogP contribution in [0.4, 0.5) is 4.79 Å². The molecule has 170 valence electrons. The number of nitrogens with two attached hydrogens (primary N) is 1. The van der Waals surface area contributed by atoms with Crippen LogP contribution in [-0.2, 0) is 26.7 Å². The van der Waals surface area contributed by atoms with Gasteiger partial charge in [-0.15, -0.1) is 11.3 Å². The smallest absolute Gasteiger partial charge is 0.321 e. The molecule has 0 aromatic carbocycles. The lowest BCUT2D eigenvalue weighted by molar-refractivity contribution is -0.131. The molecule has 3 heterocycles. The predicted octanol–water partition coefficient (Wildman–Crippen LogP) is 1.38. The second kappa shape index (κ2) is 7.74. The van der Waals surface area contributed by atoms with Gasteiger partial charge in [-0.2, -0.15) is 0 Å². The Morgan fingerprint density at radius 3 is 2.69 bits per heavy atom. The zero-order valence-electron chi connectivity index (χ0n) is 17.7. The van der Waals surface area contributed by atoms with Gasteiger partial charge in [-0.25, -0.2) is 18.7 Å². The van der Waals surface area contributed by atoms with E-state index in [1.54, 1.807) is 17.5 Å². The van der Waals surface area contributed by atoms with Crippen LogP contribution in [0.2, 0.25) is 0 Å². The molecule has 4 N–H and O–H groups in total. The van der Waals surface area contributed by atoms with E-state index in [2.05, 4.69) is 11.8 Å². The Balaban J connectivity index is 1.43. The van der Waals surface area contributed by atoms with Crippen molar-refractivity contribution >= 4 is 33.1 Å². The van der Waals surface area contributed by atoms with Crippen molar-refractivity contribution in [1.29, 1.82) is 0 Å². The zero-order chi connectivity index (χ0) is 23.3. The molecule has 1 aliphatic heterocycles. The molecule has 0 spiro atoms. The Morgan fingerprint density at radius 2 is 2.09 bits per heavy atom. The van der Waals surface area contributed by atoms with Crippen molar-refractivity contribution in [2.75, 3.05) is 12.8 Å². The summed E-state index contributed by atoms with van der Waals surface area (Å²) in [6, 6.07) is 5.48. The molecule has 9 nitrogen and oxygen atoms in total. The molecule has 32 heavy (non-hydrogen) atoms. The summed E-state index contributed by atoms with van der Waals surface area (Å²) in [5, 5.41) is 8.93. The average Bonchev–Trinajstić information content (AvgIpc) is 3.10. The first kappa shape index (κ1) is 22.5. The number of nitrogens with zero attached hydrogens (tertiary/aromatic N) is 2. The lowest BCUT2D eigenvalue weighted by Gasteiger charge is -2.27. The Labute approximate surface area is 190 Å². The maximum atomic E-state index is 12.7. The molecule has 0 radical (unpaired) electrons. The van der Waals surface area contributed by atoms with Crippen LogP contribution < -0.4 is 11.2 Å². The minimum Gasteiger partial charge on any atom is -0.321 e. The number of thiophene rings is 1. The monoisotopic (exact) mass is 476 g/mol. The standard InChI is InChI=1S/C21H24N4O5S2/c1-20(18(26)23-28,32(2,29)30)9-10-24-13-15-11-14(12-25(15)19(24)27)3-4-16-5-6-17(31-16)21(22)7-8-21/h5-6,11-12,28H,7-10,13,22H2,1-2H3,(H,23,26)/t20-/m1/s1. The number of aromatic nitrogens is 1. The van der Waals surface area contributed by atoms with Crippen molar-refractivity contribution in [2.24, 2.45) is 5.73 Å². The van der Waals surface area contributed by atoms with Crippen LogP contribution in [0.3, 0.4) is 0 Å². The van der Waals surface area contributed by atoms with E-state index < -0.39 is 20.5 Å². The average molecular weight is 477 g/mol. The SMILES string of the molecule is C[C@@](CCN1Cc2cc(C#Cc3ccc(C4(N)CC4)s3)cn2C1=O)(C(=O)NO)S(C)(=O)=O. The van der Waals surface area contributed by atoms with Gasteiger partial charge in [-0.1, -0.05) is 11.8 Å². The summed E-state index contributed by atoms with van der Waals surface area (Å²) in [4.78, 5) is 28.2. The van der Waals surface area contributed by atoms with Crippen LogP contribution >= 0.6 is 11.3 Å². The maximum absolute atomic E-state index is 12.7. The number of sulfone groups is 1. The van der Waals surface area contributed by atoms with E-state index in [-0.39, 0.29) is 31.1 Å². The third-order valence-electron chi connectivity index (χ3n) is 6.20. The number of hydrogen-bond donors (Lipinski definition) is 3. The van der Waals surface area contributed by atoms with Gasteiger partial charge in [0.25, 0.3) is 5.91 Å². The molecular formula is C21H24N4O5S2. The van der Waals surface area contributed by atoms with Gasteiger partial charge in [-0.05, 0) is 44.4 Å². The molecule has 2 aliphatic rings. The zero-order valence-corrected chi connectivity index (χ0v) is 19.3. The van der Waals surface area contributed by atoms with Crippen molar-refractivity contribution in [3.63, 3.8) is 0 Å². The summed E-state index contributed by atoms with van der Waals surface area (Å²) in [5.41, 5.74) is 8.89. The minimum absolute atomic E-state index is 0.0390. The molecule has 1 saturated carbocycles. The van der Waals surface area contributed by atoms with E-state index in [0.29, 0.717) is 5.56 Å². The van der Waals surface area contributed by atoms with Crippen LogP contribution in [0.5, 0.6) is 0 Å². The quantitative estimate of drug-likeness (QED) is 0.328. The maximum Gasteiger partial charge on any atom is 0.328 e. The Hall–Kier alpha value is -2.65. The molecule has 11 heteroatoms. The van der Waals surface area contributed by atoms with Gasteiger partial charge in [0.1, 0.15) is 0 Å². The first-order valence-corrected chi connectivity index (χ1v) is 12.7. The third kappa shape index (κ3) is 3.95. The van der Waals surface area contributed by atoms with Crippen molar-refractivity contribution < 1.29 is 23.2 Å². The highest BCUT2D eigenvalue weighted by Gasteiger charge is 2.44. The molecule has 1 atom stereocenters. The summed E-state index contributed by atoms with van der Waals surface area (Å²) >= 11 is 1.59. The summed E-state index contributed by atoms with van der Waals surface area (Å²) in [6.07, 6.45) is 4.43. The van der Waals surface area contributed by atoms with Gasteiger partial charge < -0.3 is 10.6 Å². The van der Waals surface area contributed by atoms with Gasteiger partial charge in [0, 0.05) is 35.1 Å². The Bertz CT molecular complexity index is 1260. The van der Waals surface area contributed by atoms with E-state index >= 15 is 0 Å². The summed E-state index contributed by atoms with van der Waals surface area (Å²) in [5.74, 6) is 5.17. The third-order valence-corrected chi connectivity index (χ3v) is 9.45. The van der Waals surface area contributed by atoms with E-state index in [0.717, 1.165) is 34.5 Å². The molecule has 1 fully saturated rings. The van der Waals surface area contributed by atoms with Gasteiger partial charge in [0.15, 0.2) is 14.6 Å². The molecular weight excluding hydrogens is 452 g/mol. The predicted molar refractivity (Wildman–Crippen MR) is 119 cm³/mol. The number of carbonyl (C=O) groups excluding carboxylic acids is 2. The fourth-order valence-electron chi connectivity index (χ4n) is 3.59. The molecule has 2 aromatic heterocycles. The van der Waals surface area contributed by atoms with Gasteiger partial charge in [0.2, 0.25) is 0 Å². The lowest BCUT2D eigenvalue weighted by Crippen LogP contribution is -2.50. The van der Waals surface area contributed by atoms with E-state index in [1.807, 2.05) is 18.2 Å². The number of hydroxylamine groups is 1. The number of nitrogens with one attached hydrogen (secondary N) is 1. The number of rotatable bonds is 6. The van der Waals surface area contributed by atoms with Crippen molar-refractivity contribution in [2.45, 2.75) is 43.0 Å². The van der Waals surface area contributed by atoms with E-state index in [4.69, 9.17) is 10.9 Å². The molecule has 0 saturated heterocycles. The molecule has 0 bridgehead atoms. The van der Waals surface area contributed by atoms with Gasteiger partial charge in [-0.3, -0.25) is 14.6 Å². The van der Waals surface area contributed by atoms with Crippen LogP contribution in [-0.4, -0.2) is 52.6 Å². The largest absolute Gasteiger partial charge is 0.328 e. The van der Waals surface area contributed by atoms with Gasteiger partial charge in [0.05, 0.1) is 17.0 Å². The van der Waals surface area contributed by atoms with E-state index in [9.17, 15) is 18.0 Å². The molecule has 2 aromatic rings. The second-order valence-electron chi connectivity index (χ2n) is 8.56. The number of hydrogen-bond acceptors (Lipinski definition) is 7. The first-order chi connectivity index (χ1) is 15.0. The van der Waals surface area contributed by atoms with Crippen LogP contribution in [0.1, 0.15) is 47.2 Å². The summed E-state index contributed by atoms with van der Waals surface area (Å²) < 4.78 is 23.8. The second-order valence-corrected chi connectivity index (χ2v) is 12.1. The Morgan fingerprint density at radius 1 is 1.38 bits per heavy atom. The molecule has 4 rings (SSSR count). The number of fused-ring (bicyclic) bond motifs is 1. The number of carbonyl (C=O) groups is 2. The topological polar surface area (TPSA) is 135 Å². The highest BCUT2D eigenvalue weighted by atomic mass is 32.2. The minimum atomic E-state index is -3.83. The highest BCUT2D eigenvalue weighted by Crippen LogP contribution is 2.45. The fraction of sp³-hybridized carbons (Fsp3) is 0.429. The van der Waals surface area contributed by atoms with Crippen LogP contribution in [0.15, 0.2) is 24.4 Å². The van der Waals surface area contributed by atoms with Crippen molar-refractivity contribution in [3.05, 3.63) is 45.4 Å². The van der Waals surface area contributed by atoms with Gasteiger partial charge >= 0.3 is 6.03 Å². The summed E-state index contributed by atoms with van der Waals surface area (Å²) in [6.45, 7) is 1.55. The fourth-order valence-corrected chi connectivity index (χ4v) is 5.45. The highest BCUT2D eigenvalue weighted by molar-refractivity contribution is 7.92. The van der Waals surface area contributed by atoms with Crippen molar-refractivity contribution in [3.8, 4) is 11.8 Å². The molecule has 2 amide bonds. The van der Waals surface area contributed by atoms with Crippen molar-refractivity contribution in [1.82, 2.24) is 14.9 Å². The Kier molecular flexibility index (Phi) is 5.45. The lowest BCUT2D eigenvalue weighted by atomic mass is 10.1. The summed E-state index contributed by atoms with van der Waals surface area (Å²) in [7, 11) is -3.83. The molecule has 0 unspecified atom stereocenters.